The second kappa shape index (κ2) is 9.58. The van der Waals surface area contributed by atoms with Crippen molar-refractivity contribution in [3.63, 3.8) is 0 Å². The minimum Gasteiger partial charge on any atom is -0.434 e. The number of hydrogen-bond acceptors (Lipinski definition) is 4. The Balaban J connectivity index is 1.78. The number of oxime groups is 1. The first-order valence-corrected chi connectivity index (χ1v) is 7.62. The fraction of sp³-hybridized carbons (Fsp3) is 0.176. The van der Waals surface area contributed by atoms with Crippen LogP contribution >= 0.6 is 11.6 Å². The minimum atomic E-state index is -2.94. The zero-order chi connectivity index (χ0) is 18.1. The molecule has 0 aliphatic heterocycles. The lowest BCUT2D eigenvalue weighted by Gasteiger charge is -2.07. The van der Waals surface area contributed by atoms with Crippen LogP contribution in [0.15, 0.2) is 53.7 Å². The monoisotopic (exact) mass is 368 g/mol. The average Bonchev–Trinajstić information content (AvgIpc) is 2.58. The Bertz CT molecular complexity index is 741. The van der Waals surface area contributed by atoms with E-state index >= 15 is 0 Å². The molecule has 2 aromatic carbocycles. The van der Waals surface area contributed by atoms with Crippen molar-refractivity contribution in [1.82, 2.24) is 5.32 Å². The number of para-hydroxylation sites is 1. The summed E-state index contributed by atoms with van der Waals surface area (Å²) in [5, 5.41) is 6.81. The molecule has 0 bridgehead atoms. The van der Waals surface area contributed by atoms with Crippen LogP contribution in [0.25, 0.3) is 0 Å². The van der Waals surface area contributed by atoms with Crippen LogP contribution in [0.2, 0.25) is 5.02 Å². The van der Waals surface area contributed by atoms with Crippen LogP contribution in [-0.2, 0) is 16.2 Å². The topological polar surface area (TPSA) is 59.9 Å². The van der Waals surface area contributed by atoms with Gasteiger partial charge in [-0.3, -0.25) is 4.79 Å². The Labute approximate surface area is 148 Å². The van der Waals surface area contributed by atoms with Crippen molar-refractivity contribution in [3.8, 4) is 5.75 Å². The fourth-order valence-electron chi connectivity index (χ4n) is 1.88. The third-order valence-corrected chi connectivity index (χ3v) is 3.21. The summed E-state index contributed by atoms with van der Waals surface area (Å²) in [5.41, 5.74) is 1.16. The molecule has 0 heterocycles. The number of carbonyl (C=O) groups excluding carboxylic acids is 1. The van der Waals surface area contributed by atoms with Gasteiger partial charge in [0.15, 0.2) is 6.61 Å². The number of hydrogen-bond donors (Lipinski definition) is 1. The summed E-state index contributed by atoms with van der Waals surface area (Å²) in [6.45, 7) is -2.94. The summed E-state index contributed by atoms with van der Waals surface area (Å²) in [6, 6.07) is 13.2. The summed E-state index contributed by atoms with van der Waals surface area (Å²) < 4.78 is 28.9. The van der Waals surface area contributed by atoms with E-state index in [1.54, 1.807) is 30.3 Å². The molecule has 0 aliphatic rings. The Morgan fingerprint density at radius 2 is 2.04 bits per heavy atom. The zero-order valence-electron chi connectivity index (χ0n) is 13.0. The first-order valence-electron chi connectivity index (χ1n) is 7.25. The number of alkyl halides is 2. The maximum absolute atomic E-state index is 12.3. The van der Waals surface area contributed by atoms with Gasteiger partial charge in [0, 0.05) is 17.1 Å². The number of nitrogens with zero attached hydrogens (tertiary/aromatic N) is 1. The molecule has 0 spiro atoms. The van der Waals surface area contributed by atoms with Gasteiger partial charge in [0.25, 0.3) is 5.91 Å². The molecule has 2 rings (SSSR count). The van der Waals surface area contributed by atoms with Gasteiger partial charge in [-0.1, -0.05) is 41.0 Å². The highest BCUT2D eigenvalue weighted by molar-refractivity contribution is 6.30. The maximum Gasteiger partial charge on any atom is 0.387 e. The standard InChI is InChI=1S/C17H15ClF2N2O3/c18-14-6-3-4-12(8-14)9-21-16(23)11-24-22-10-13-5-1-2-7-15(13)25-17(19)20/h1-8,10,17H,9,11H2,(H,21,23). The van der Waals surface area contributed by atoms with Crippen molar-refractivity contribution < 1.29 is 23.1 Å². The molecule has 0 radical (unpaired) electrons. The maximum atomic E-state index is 12.3. The van der Waals surface area contributed by atoms with Gasteiger partial charge in [0.1, 0.15) is 5.75 Å². The van der Waals surface area contributed by atoms with Crippen molar-refractivity contribution in [1.29, 1.82) is 0 Å². The molecule has 5 nitrogen and oxygen atoms in total. The zero-order valence-corrected chi connectivity index (χ0v) is 13.7. The van der Waals surface area contributed by atoms with E-state index in [1.807, 2.05) is 6.07 Å². The number of ether oxygens (including phenoxy) is 1. The number of carbonyl (C=O) groups is 1. The highest BCUT2D eigenvalue weighted by Crippen LogP contribution is 2.18. The third kappa shape index (κ3) is 6.76. The number of halogens is 3. The number of nitrogens with one attached hydrogen (secondary N) is 1. The van der Waals surface area contributed by atoms with E-state index in [0.717, 1.165) is 5.56 Å². The van der Waals surface area contributed by atoms with Gasteiger partial charge in [0.05, 0.1) is 6.21 Å². The molecule has 1 amide bonds. The smallest absolute Gasteiger partial charge is 0.387 e. The van der Waals surface area contributed by atoms with E-state index in [1.165, 1.54) is 18.3 Å². The molecule has 0 aliphatic carbocycles. The lowest BCUT2D eigenvalue weighted by Crippen LogP contribution is -2.26. The van der Waals surface area contributed by atoms with Crippen LogP contribution in [0.4, 0.5) is 8.78 Å². The molecule has 0 unspecified atom stereocenters. The molecule has 25 heavy (non-hydrogen) atoms. The lowest BCUT2D eigenvalue weighted by molar-refractivity contribution is -0.125. The van der Waals surface area contributed by atoms with E-state index in [-0.39, 0.29) is 18.3 Å². The molecule has 132 valence electrons. The molecule has 0 saturated heterocycles. The summed E-state index contributed by atoms with van der Waals surface area (Å²) in [5.74, 6) is -0.413. The summed E-state index contributed by atoms with van der Waals surface area (Å²) >= 11 is 5.85. The number of rotatable bonds is 8. The molecule has 2 aromatic rings. The lowest BCUT2D eigenvalue weighted by atomic mass is 10.2. The van der Waals surface area contributed by atoms with Crippen molar-refractivity contribution in [2.45, 2.75) is 13.2 Å². The Morgan fingerprint density at radius 3 is 2.80 bits per heavy atom. The van der Waals surface area contributed by atoms with E-state index < -0.39 is 6.61 Å². The van der Waals surface area contributed by atoms with Crippen molar-refractivity contribution in [3.05, 3.63) is 64.7 Å². The molecular weight excluding hydrogens is 354 g/mol. The van der Waals surface area contributed by atoms with Crippen molar-refractivity contribution >= 4 is 23.7 Å². The Morgan fingerprint density at radius 1 is 1.24 bits per heavy atom. The van der Waals surface area contributed by atoms with E-state index in [2.05, 4.69) is 15.2 Å². The van der Waals surface area contributed by atoms with Gasteiger partial charge in [-0.15, -0.1) is 0 Å². The Hall–Kier alpha value is -2.67. The van der Waals surface area contributed by atoms with E-state index in [9.17, 15) is 13.6 Å². The average molecular weight is 369 g/mol. The van der Waals surface area contributed by atoms with Crippen molar-refractivity contribution in [2.75, 3.05) is 6.61 Å². The second-order valence-electron chi connectivity index (χ2n) is 4.83. The van der Waals surface area contributed by atoms with Crippen LogP contribution in [0.3, 0.4) is 0 Å². The SMILES string of the molecule is O=C(CON=Cc1ccccc1OC(F)F)NCc1cccc(Cl)c1. The van der Waals surface area contributed by atoms with Gasteiger partial charge >= 0.3 is 6.61 Å². The van der Waals surface area contributed by atoms with Crippen LogP contribution < -0.4 is 10.1 Å². The molecular formula is C17H15ClF2N2O3. The van der Waals surface area contributed by atoms with Gasteiger partial charge in [-0.05, 0) is 29.8 Å². The van der Waals surface area contributed by atoms with E-state index in [4.69, 9.17) is 16.4 Å². The molecule has 0 aromatic heterocycles. The third-order valence-electron chi connectivity index (χ3n) is 2.98. The van der Waals surface area contributed by atoms with Gasteiger partial charge in [-0.25, -0.2) is 0 Å². The van der Waals surface area contributed by atoms with Gasteiger partial charge in [-0.2, -0.15) is 8.78 Å². The molecule has 1 N–H and O–H groups in total. The number of amides is 1. The summed E-state index contributed by atoms with van der Waals surface area (Å²) in [6.07, 6.45) is 1.20. The molecule has 0 saturated carbocycles. The highest BCUT2D eigenvalue weighted by Gasteiger charge is 2.07. The van der Waals surface area contributed by atoms with Crippen LogP contribution in [-0.4, -0.2) is 25.3 Å². The highest BCUT2D eigenvalue weighted by atomic mass is 35.5. The van der Waals surface area contributed by atoms with Crippen LogP contribution in [0.5, 0.6) is 5.75 Å². The fourth-order valence-corrected chi connectivity index (χ4v) is 2.09. The first kappa shape index (κ1) is 18.7. The Kier molecular flexibility index (Phi) is 7.16. The first-order chi connectivity index (χ1) is 12.0. The largest absolute Gasteiger partial charge is 0.434 e. The summed E-state index contributed by atoms with van der Waals surface area (Å²) in [7, 11) is 0. The predicted molar refractivity (Wildman–Crippen MR) is 89.9 cm³/mol. The van der Waals surface area contributed by atoms with Crippen LogP contribution in [0, 0.1) is 0 Å². The van der Waals surface area contributed by atoms with Crippen molar-refractivity contribution in [2.24, 2.45) is 5.16 Å². The van der Waals surface area contributed by atoms with E-state index in [0.29, 0.717) is 17.1 Å². The minimum absolute atomic E-state index is 0.0322. The van der Waals surface area contributed by atoms with Crippen LogP contribution in [0.1, 0.15) is 11.1 Å². The normalized spacial score (nSPS) is 10.9. The number of benzene rings is 2. The molecule has 0 fully saturated rings. The van der Waals surface area contributed by atoms with Gasteiger partial charge < -0.3 is 14.9 Å². The van der Waals surface area contributed by atoms with Gasteiger partial charge in [0.2, 0.25) is 0 Å². The molecule has 8 heteroatoms. The quantitative estimate of drug-likeness (QED) is 0.572. The second-order valence-corrected chi connectivity index (χ2v) is 5.27. The molecule has 0 atom stereocenters. The predicted octanol–water partition coefficient (Wildman–Crippen LogP) is 3.61. The summed E-state index contributed by atoms with van der Waals surface area (Å²) in [4.78, 5) is 16.5.